The highest BCUT2D eigenvalue weighted by Gasteiger charge is 2.13. The molecule has 0 saturated heterocycles. The molecule has 2 rings (SSSR count). The second-order valence-electron chi connectivity index (χ2n) is 3.77. The Labute approximate surface area is 106 Å². The van der Waals surface area contributed by atoms with Gasteiger partial charge in [0, 0.05) is 0 Å². The summed E-state index contributed by atoms with van der Waals surface area (Å²) in [6, 6.07) is 7.27. The molecular weight excluding hydrogens is 228 g/mol. The molecule has 6 N–H and O–H groups in total. The summed E-state index contributed by atoms with van der Waals surface area (Å²) in [5, 5.41) is 1.37. The van der Waals surface area contributed by atoms with Crippen LogP contribution in [-0.2, 0) is 4.79 Å². The van der Waals surface area contributed by atoms with Crippen molar-refractivity contribution in [2.24, 2.45) is 11.5 Å². The van der Waals surface area contributed by atoms with Crippen LogP contribution in [0.3, 0.4) is 0 Å². The largest absolute Gasteiger partial charge is 0.412 e. The van der Waals surface area contributed by atoms with Crippen molar-refractivity contribution < 1.29 is 10.3 Å². The smallest absolute Gasteiger partial charge is 0.133 e. The molecule has 1 aromatic carbocycles. The molecule has 96 valence electrons. The summed E-state index contributed by atoms with van der Waals surface area (Å²) in [4.78, 5) is 10.8. The molecule has 4 heteroatoms. The lowest BCUT2D eigenvalue weighted by molar-refractivity contribution is 0.567. The predicted octanol–water partition coefficient (Wildman–Crippen LogP) is -1.11. The monoisotopic (exact) mass is 246 g/mol. The highest BCUT2D eigenvalue weighted by atomic mass is 16.1. The zero-order valence-corrected chi connectivity index (χ0v) is 9.18. The molecule has 0 saturated carbocycles. The Morgan fingerprint density at radius 2 is 1.61 bits per heavy atom. The van der Waals surface area contributed by atoms with E-state index in [-0.39, 0.29) is 12.9 Å². The van der Waals surface area contributed by atoms with Crippen molar-refractivity contribution >= 4 is 11.5 Å². The first-order chi connectivity index (χ1) is 7.62. The van der Waals surface area contributed by atoms with E-state index in [2.05, 4.69) is 0 Å². The first kappa shape index (κ1) is 16.0. The van der Waals surface area contributed by atoms with Crippen molar-refractivity contribution in [3.63, 3.8) is 0 Å². The van der Waals surface area contributed by atoms with Crippen molar-refractivity contribution in [2.75, 3.05) is 0 Å². The fraction of sp³-hybridized carbons (Fsp3) is 0.143. The van der Waals surface area contributed by atoms with Crippen LogP contribution in [0.2, 0.25) is 0 Å². The molecule has 0 unspecified atom stereocenters. The molecule has 0 amide bonds. The summed E-state index contributed by atoms with van der Waals surface area (Å²) < 4.78 is 0. The van der Waals surface area contributed by atoms with E-state index < -0.39 is 5.66 Å². The third kappa shape index (κ3) is 3.26. The molecule has 0 fully saturated rings. The Balaban J connectivity index is 0.00000144. The van der Waals surface area contributed by atoms with Gasteiger partial charge in [-0.15, -0.1) is 0 Å². The van der Waals surface area contributed by atoms with E-state index in [0.29, 0.717) is 5.22 Å². The molecule has 1 aliphatic rings. The molecule has 0 aromatic heterocycles. The number of nitrogens with two attached hydrogens (primary N) is 2. The van der Waals surface area contributed by atoms with Crippen molar-refractivity contribution in [2.45, 2.75) is 13.1 Å². The number of hydrogen-bond acceptors (Lipinski definition) is 3. The van der Waals surface area contributed by atoms with Crippen molar-refractivity contribution in [1.82, 2.24) is 0 Å². The number of hydrogen-bond donors (Lipinski definition) is 2. The molecule has 0 bridgehead atoms. The number of rotatable bonds is 0. The van der Waals surface area contributed by atoms with Gasteiger partial charge in [0.05, 0.1) is 5.22 Å². The van der Waals surface area contributed by atoms with Crippen molar-refractivity contribution in [1.29, 1.82) is 0 Å². The Morgan fingerprint density at radius 1 is 1.06 bits per heavy atom. The van der Waals surface area contributed by atoms with E-state index in [1.54, 1.807) is 24.3 Å². The Kier molecular flexibility index (Phi) is 5.43. The minimum Gasteiger partial charge on any atom is -0.412 e. The van der Waals surface area contributed by atoms with E-state index in [1.807, 2.05) is 30.2 Å². The molecule has 4 nitrogen and oxygen atoms in total. The predicted molar refractivity (Wildman–Crippen MR) is 73.6 cm³/mol. The standard InChI is InChI=1S/C13H12N2O.CH4.H2O/c14-13(15)7-5-10(6-8-13)12-4-2-1-3-11(12)9-16;;/h1-8H,14-15H2;1H4;1H2. The minimum atomic E-state index is -0.899. The van der Waals surface area contributed by atoms with E-state index in [9.17, 15) is 4.79 Å². The maximum Gasteiger partial charge on any atom is 0.133 e. The second-order valence-corrected chi connectivity index (χ2v) is 3.77. The van der Waals surface area contributed by atoms with Gasteiger partial charge in [-0.25, -0.2) is 4.79 Å². The van der Waals surface area contributed by atoms with Gasteiger partial charge >= 0.3 is 0 Å². The molecule has 0 aliphatic heterocycles. The van der Waals surface area contributed by atoms with Crippen molar-refractivity contribution in [3.05, 3.63) is 59.0 Å². The van der Waals surface area contributed by atoms with Gasteiger partial charge in [-0.1, -0.05) is 37.8 Å². The van der Waals surface area contributed by atoms with E-state index in [0.717, 1.165) is 10.8 Å². The fourth-order valence-electron chi connectivity index (χ4n) is 1.58. The summed E-state index contributed by atoms with van der Waals surface area (Å²) in [6.45, 7) is 0. The van der Waals surface area contributed by atoms with Crippen LogP contribution in [0.1, 0.15) is 7.43 Å². The molecule has 1 aliphatic carbocycles. The lowest BCUT2D eigenvalue weighted by Crippen LogP contribution is -2.46. The van der Waals surface area contributed by atoms with Gasteiger partial charge < -0.3 is 16.9 Å². The zero-order chi connectivity index (χ0) is 11.6. The topological polar surface area (TPSA) is 101 Å². The average Bonchev–Trinajstić information content (AvgIpc) is 2.29. The van der Waals surface area contributed by atoms with Crippen LogP contribution in [0.5, 0.6) is 0 Å². The second kappa shape index (κ2) is 6.10. The molecule has 0 radical (unpaired) electrons. The molecular formula is C14H18N2O2. The maximum atomic E-state index is 10.8. The SMILES string of the molecule is C.NC1(N)C=CC(=c2ccccc2=C=O)C=C1.O. The minimum absolute atomic E-state index is 0. The Morgan fingerprint density at radius 3 is 2.17 bits per heavy atom. The van der Waals surface area contributed by atoms with Gasteiger partial charge in [0.1, 0.15) is 11.6 Å². The molecule has 0 spiro atoms. The first-order valence-electron chi connectivity index (χ1n) is 4.93. The Hall–Kier alpha value is -1.97. The summed E-state index contributed by atoms with van der Waals surface area (Å²) in [5.41, 5.74) is 11.4. The fourth-order valence-corrected chi connectivity index (χ4v) is 1.58. The van der Waals surface area contributed by atoms with E-state index in [1.165, 1.54) is 0 Å². The first-order valence-corrected chi connectivity index (χ1v) is 4.93. The third-order valence-electron chi connectivity index (χ3n) is 2.45. The van der Waals surface area contributed by atoms with Gasteiger partial charge in [0.15, 0.2) is 0 Å². The maximum absolute atomic E-state index is 10.8. The van der Waals surface area contributed by atoms with Crippen LogP contribution >= 0.6 is 0 Å². The average molecular weight is 246 g/mol. The zero-order valence-electron chi connectivity index (χ0n) is 9.18. The van der Waals surface area contributed by atoms with Crippen LogP contribution < -0.4 is 21.9 Å². The van der Waals surface area contributed by atoms with Crippen molar-refractivity contribution in [3.8, 4) is 0 Å². The lowest BCUT2D eigenvalue weighted by Gasteiger charge is -2.18. The van der Waals surface area contributed by atoms with Gasteiger partial charge in [-0.2, -0.15) is 0 Å². The summed E-state index contributed by atoms with van der Waals surface area (Å²) in [5.74, 6) is 1.91. The van der Waals surface area contributed by atoms with E-state index in [4.69, 9.17) is 11.5 Å². The van der Waals surface area contributed by atoms with Crippen LogP contribution in [-0.4, -0.2) is 17.1 Å². The molecule has 0 heterocycles. The number of allylic oxidation sites excluding steroid dienone is 2. The molecule has 18 heavy (non-hydrogen) atoms. The summed E-state index contributed by atoms with van der Waals surface area (Å²) in [7, 11) is 0. The lowest BCUT2D eigenvalue weighted by atomic mass is 10.00. The quantitative estimate of drug-likeness (QED) is 0.568. The number of carbonyl (C=O) groups excluding carboxylic acids is 1. The van der Waals surface area contributed by atoms with Gasteiger partial charge in [0.2, 0.25) is 0 Å². The number of benzene rings is 1. The van der Waals surface area contributed by atoms with Gasteiger partial charge in [-0.3, -0.25) is 0 Å². The van der Waals surface area contributed by atoms with E-state index >= 15 is 0 Å². The van der Waals surface area contributed by atoms with Crippen LogP contribution in [0, 0.1) is 0 Å². The van der Waals surface area contributed by atoms with Crippen LogP contribution in [0.25, 0.3) is 5.57 Å². The third-order valence-corrected chi connectivity index (χ3v) is 2.45. The normalized spacial score (nSPS) is 15.3. The van der Waals surface area contributed by atoms with Crippen LogP contribution in [0.15, 0.2) is 48.6 Å². The van der Waals surface area contributed by atoms with Gasteiger partial charge in [0.25, 0.3) is 0 Å². The Bertz CT molecular complexity index is 591. The molecule has 0 atom stereocenters. The van der Waals surface area contributed by atoms with Crippen LogP contribution in [0.4, 0.5) is 0 Å². The summed E-state index contributed by atoms with van der Waals surface area (Å²) >= 11 is 0. The highest BCUT2D eigenvalue weighted by Crippen LogP contribution is 2.10. The molecule has 1 aromatic rings. The highest BCUT2D eigenvalue weighted by molar-refractivity contribution is 5.70. The van der Waals surface area contributed by atoms with Gasteiger partial charge in [-0.05, 0) is 29.0 Å². The summed E-state index contributed by atoms with van der Waals surface area (Å²) in [6.07, 6.45) is 7.03.